The Balaban J connectivity index is 1.76. The standard InChI is InChI=1S/C22H19FN2O5/c1-29-17-9-10-20(30-2)16(11-17)8-5-14-3-6-15(7-4-14)19(26)13-25-12-18(23)21(27)24-22(25)28/h3-12H,13H2,1-2H3,(H,24,27,28)/b8-5+. The number of halogens is 1. The Kier molecular flexibility index (Phi) is 6.26. The first-order valence-electron chi connectivity index (χ1n) is 8.94. The van der Waals surface area contributed by atoms with Crippen LogP contribution in [-0.4, -0.2) is 29.6 Å². The van der Waals surface area contributed by atoms with E-state index in [-0.39, 0.29) is 6.54 Å². The molecule has 154 valence electrons. The number of aromatic amines is 1. The molecule has 0 spiro atoms. The molecule has 0 aliphatic rings. The van der Waals surface area contributed by atoms with Crippen molar-refractivity contribution in [3.05, 3.63) is 92.0 Å². The molecule has 8 heteroatoms. The van der Waals surface area contributed by atoms with Gasteiger partial charge in [0.15, 0.2) is 5.78 Å². The maximum Gasteiger partial charge on any atom is 0.328 e. The third kappa shape index (κ3) is 4.72. The number of aromatic nitrogens is 2. The number of nitrogens with one attached hydrogen (secondary N) is 1. The van der Waals surface area contributed by atoms with E-state index in [2.05, 4.69) is 0 Å². The van der Waals surface area contributed by atoms with Crippen molar-refractivity contribution in [1.29, 1.82) is 0 Å². The zero-order valence-corrected chi connectivity index (χ0v) is 16.3. The Hall–Kier alpha value is -3.94. The van der Waals surface area contributed by atoms with E-state index in [1.807, 2.05) is 29.3 Å². The van der Waals surface area contributed by atoms with E-state index in [0.29, 0.717) is 17.1 Å². The molecule has 1 aromatic heterocycles. The van der Waals surface area contributed by atoms with Crippen LogP contribution in [0.1, 0.15) is 21.5 Å². The van der Waals surface area contributed by atoms with E-state index >= 15 is 0 Å². The summed E-state index contributed by atoms with van der Waals surface area (Å²) in [6.45, 7) is -0.386. The molecular weight excluding hydrogens is 391 g/mol. The van der Waals surface area contributed by atoms with E-state index in [4.69, 9.17) is 9.47 Å². The van der Waals surface area contributed by atoms with Crippen LogP contribution in [0.15, 0.2) is 58.3 Å². The number of hydrogen-bond acceptors (Lipinski definition) is 5. The Labute approximate surface area is 171 Å². The van der Waals surface area contributed by atoms with Gasteiger partial charge in [0.05, 0.1) is 27.0 Å². The molecule has 0 radical (unpaired) electrons. The molecule has 0 bridgehead atoms. The molecule has 1 heterocycles. The number of Topliss-reactive ketones (excluding diaryl/α,β-unsaturated/α-hetero) is 1. The molecule has 2 aromatic carbocycles. The summed E-state index contributed by atoms with van der Waals surface area (Å²) in [5, 5.41) is 0. The van der Waals surface area contributed by atoms with Crippen LogP contribution in [-0.2, 0) is 6.54 Å². The van der Waals surface area contributed by atoms with Crippen LogP contribution >= 0.6 is 0 Å². The Morgan fingerprint density at radius 3 is 2.47 bits per heavy atom. The first-order chi connectivity index (χ1) is 14.4. The summed E-state index contributed by atoms with van der Waals surface area (Å²) in [5.41, 5.74) is 0.0545. The molecule has 0 saturated carbocycles. The molecule has 0 atom stereocenters. The van der Waals surface area contributed by atoms with Crippen LogP contribution in [0.3, 0.4) is 0 Å². The van der Waals surface area contributed by atoms with Crippen LogP contribution in [0, 0.1) is 5.82 Å². The second kappa shape index (κ2) is 9.04. The molecule has 0 unspecified atom stereocenters. The number of methoxy groups -OCH3 is 2. The fourth-order valence-corrected chi connectivity index (χ4v) is 2.78. The lowest BCUT2D eigenvalue weighted by Crippen LogP contribution is -2.33. The lowest BCUT2D eigenvalue weighted by atomic mass is 10.1. The molecule has 0 aliphatic heterocycles. The highest BCUT2D eigenvalue weighted by molar-refractivity contribution is 5.96. The van der Waals surface area contributed by atoms with Gasteiger partial charge in [-0.25, -0.2) is 4.79 Å². The Morgan fingerprint density at radius 2 is 1.80 bits per heavy atom. The van der Waals surface area contributed by atoms with Gasteiger partial charge in [0.1, 0.15) is 11.5 Å². The fourth-order valence-electron chi connectivity index (χ4n) is 2.78. The number of carbonyl (C=O) groups excluding carboxylic acids is 1. The number of nitrogens with zero attached hydrogens (tertiary/aromatic N) is 1. The van der Waals surface area contributed by atoms with Gasteiger partial charge in [-0.15, -0.1) is 0 Å². The first kappa shape index (κ1) is 20.8. The van der Waals surface area contributed by atoms with Crippen LogP contribution in [0.5, 0.6) is 11.5 Å². The average molecular weight is 410 g/mol. The van der Waals surface area contributed by atoms with E-state index in [1.165, 1.54) is 0 Å². The summed E-state index contributed by atoms with van der Waals surface area (Å²) in [5.74, 6) is -0.132. The molecule has 0 amide bonds. The number of ketones is 1. The van der Waals surface area contributed by atoms with Crippen LogP contribution in [0.25, 0.3) is 12.2 Å². The number of rotatable bonds is 7. The van der Waals surface area contributed by atoms with Gasteiger partial charge in [-0.05, 0) is 23.8 Å². The van der Waals surface area contributed by atoms with Crippen molar-refractivity contribution >= 4 is 17.9 Å². The summed E-state index contributed by atoms with van der Waals surface area (Å²) in [4.78, 5) is 37.0. The van der Waals surface area contributed by atoms with Crippen LogP contribution in [0.2, 0.25) is 0 Å². The van der Waals surface area contributed by atoms with Gasteiger partial charge < -0.3 is 9.47 Å². The van der Waals surface area contributed by atoms with Crippen molar-refractivity contribution in [2.75, 3.05) is 14.2 Å². The number of hydrogen-bond donors (Lipinski definition) is 1. The fraction of sp³-hybridized carbons (Fsp3) is 0.136. The van der Waals surface area contributed by atoms with E-state index in [9.17, 15) is 18.8 Å². The number of carbonyl (C=O) groups is 1. The summed E-state index contributed by atoms with van der Waals surface area (Å²) in [6, 6.07) is 12.2. The van der Waals surface area contributed by atoms with E-state index < -0.39 is 22.8 Å². The Morgan fingerprint density at radius 1 is 1.07 bits per heavy atom. The SMILES string of the molecule is COc1ccc(OC)c(/C=C/c2ccc(C(=O)Cn3cc(F)c(=O)[nH]c3=O)cc2)c1. The van der Waals surface area contributed by atoms with Gasteiger partial charge in [0.25, 0.3) is 5.56 Å². The molecular formula is C22H19FN2O5. The number of benzene rings is 2. The highest BCUT2D eigenvalue weighted by Gasteiger charge is 2.10. The highest BCUT2D eigenvalue weighted by Crippen LogP contribution is 2.25. The predicted molar refractivity (Wildman–Crippen MR) is 111 cm³/mol. The maximum atomic E-state index is 13.4. The minimum atomic E-state index is -1.13. The van der Waals surface area contributed by atoms with Crippen molar-refractivity contribution in [1.82, 2.24) is 9.55 Å². The highest BCUT2D eigenvalue weighted by atomic mass is 19.1. The second-order valence-electron chi connectivity index (χ2n) is 6.35. The van der Waals surface area contributed by atoms with Gasteiger partial charge in [-0.1, -0.05) is 36.4 Å². The first-order valence-corrected chi connectivity index (χ1v) is 8.94. The molecule has 30 heavy (non-hydrogen) atoms. The molecule has 0 saturated heterocycles. The minimum Gasteiger partial charge on any atom is -0.497 e. The normalized spacial score (nSPS) is 10.9. The quantitative estimate of drug-likeness (QED) is 0.478. The number of H-pyrrole nitrogens is 1. The largest absolute Gasteiger partial charge is 0.497 e. The molecule has 0 fully saturated rings. The lowest BCUT2D eigenvalue weighted by Gasteiger charge is -2.07. The molecule has 1 N–H and O–H groups in total. The van der Waals surface area contributed by atoms with Crippen molar-refractivity contribution in [2.45, 2.75) is 6.54 Å². The van der Waals surface area contributed by atoms with Gasteiger partial charge in [-0.3, -0.25) is 19.1 Å². The monoisotopic (exact) mass is 410 g/mol. The summed E-state index contributed by atoms with van der Waals surface area (Å²) in [6.07, 6.45) is 4.44. The van der Waals surface area contributed by atoms with Crippen LogP contribution in [0.4, 0.5) is 4.39 Å². The molecule has 3 aromatic rings. The smallest absolute Gasteiger partial charge is 0.328 e. The number of ether oxygens (including phenoxy) is 2. The average Bonchev–Trinajstić information content (AvgIpc) is 2.76. The zero-order chi connectivity index (χ0) is 21.7. The van der Waals surface area contributed by atoms with Gasteiger partial charge in [0.2, 0.25) is 5.82 Å². The van der Waals surface area contributed by atoms with Gasteiger partial charge in [-0.2, -0.15) is 4.39 Å². The zero-order valence-electron chi connectivity index (χ0n) is 16.3. The molecule has 0 aliphatic carbocycles. The van der Waals surface area contributed by atoms with Crippen molar-refractivity contribution in [2.24, 2.45) is 0 Å². The van der Waals surface area contributed by atoms with E-state index in [0.717, 1.165) is 21.9 Å². The third-order valence-electron chi connectivity index (χ3n) is 4.41. The summed E-state index contributed by atoms with van der Waals surface area (Å²) in [7, 11) is 3.17. The lowest BCUT2D eigenvalue weighted by molar-refractivity contribution is 0.0970. The predicted octanol–water partition coefficient (Wildman–Crippen LogP) is 2.75. The molecule has 3 rings (SSSR count). The van der Waals surface area contributed by atoms with Gasteiger partial charge in [0, 0.05) is 11.1 Å². The Bertz CT molecular complexity index is 1210. The minimum absolute atomic E-state index is 0.351. The second-order valence-corrected chi connectivity index (χ2v) is 6.35. The van der Waals surface area contributed by atoms with Crippen LogP contribution < -0.4 is 20.7 Å². The van der Waals surface area contributed by atoms with Crippen molar-refractivity contribution < 1.29 is 18.7 Å². The van der Waals surface area contributed by atoms with Crippen molar-refractivity contribution in [3.63, 3.8) is 0 Å². The van der Waals surface area contributed by atoms with Crippen molar-refractivity contribution in [3.8, 4) is 11.5 Å². The summed E-state index contributed by atoms with van der Waals surface area (Å²) >= 11 is 0. The van der Waals surface area contributed by atoms with Gasteiger partial charge >= 0.3 is 5.69 Å². The third-order valence-corrected chi connectivity index (χ3v) is 4.41. The topological polar surface area (TPSA) is 90.4 Å². The summed E-state index contributed by atoms with van der Waals surface area (Å²) < 4.78 is 24.7. The maximum absolute atomic E-state index is 13.4. The molecule has 7 nitrogen and oxygen atoms in total. The van der Waals surface area contributed by atoms with E-state index in [1.54, 1.807) is 44.6 Å².